The molecule has 2 saturated carbocycles. The molecule has 1 amide bonds. The van der Waals surface area contributed by atoms with E-state index in [1.165, 1.54) is 17.1 Å². The zero-order chi connectivity index (χ0) is 19.6. The number of aryl methyl sites for hydroxylation is 1. The lowest BCUT2D eigenvalue weighted by Crippen LogP contribution is -2.56. The molecular formula is C16H25N5O5S. The predicted molar refractivity (Wildman–Crippen MR) is 95.3 cm³/mol. The third-order valence-corrected chi connectivity index (χ3v) is 6.19. The van der Waals surface area contributed by atoms with Crippen molar-refractivity contribution in [2.75, 3.05) is 19.6 Å². The Balaban J connectivity index is 1.41. The maximum atomic E-state index is 12.0. The molecule has 0 aliphatic heterocycles. The number of aromatic nitrogens is 2. The van der Waals surface area contributed by atoms with E-state index >= 15 is 0 Å². The minimum Gasteiger partial charge on any atom is -0.480 e. The number of hydrogen-bond donors (Lipinski definition) is 3. The minimum absolute atomic E-state index is 0.0196. The van der Waals surface area contributed by atoms with Crippen LogP contribution in [0, 0.1) is 5.92 Å². The Labute approximate surface area is 158 Å². The average Bonchev–Trinajstić information content (AvgIpc) is 3.25. The maximum Gasteiger partial charge on any atom is 0.317 e. The van der Waals surface area contributed by atoms with Gasteiger partial charge in [0.1, 0.15) is 0 Å². The largest absolute Gasteiger partial charge is 0.480 e. The number of aliphatic carboxylic acids is 1. The number of hydrogen-bond acceptors (Lipinski definition) is 6. The summed E-state index contributed by atoms with van der Waals surface area (Å²) in [5.41, 5.74) is 0. The fraction of sp³-hybridized carbons (Fsp3) is 0.688. The molecule has 27 heavy (non-hydrogen) atoms. The van der Waals surface area contributed by atoms with E-state index in [2.05, 4.69) is 15.0 Å². The van der Waals surface area contributed by atoms with Gasteiger partial charge >= 0.3 is 5.97 Å². The first-order valence-corrected chi connectivity index (χ1v) is 10.4. The Hall–Kier alpha value is -1.98. The van der Waals surface area contributed by atoms with Crippen molar-refractivity contribution in [2.24, 2.45) is 13.0 Å². The third-order valence-electron chi connectivity index (χ3n) is 4.90. The Morgan fingerprint density at radius 3 is 2.63 bits per heavy atom. The van der Waals surface area contributed by atoms with Crippen molar-refractivity contribution >= 4 is 21.9 Å². The topological polar surface area (TPSA) is 134 Å². The Bertz CT molecular complexity index is 798. The highest BCUT2D eigenvalue weighted by molar-refractivity contribution is 7.89. The maximum absolute atomic E-state index is 12.0. The van der Waals surface area contributed by atoms with E-state index in [0.29, 0.717) is 18.8 Å². The van der Waals surface area contributed by atoms with Crippen LogP contribution >= 0.6 is 0 Å². The van der Waals surface area contributed by atoms with Gasteiger partial charge in [0.05, 0.1) is 19.4 Å². The standard InChI is InChI=1S/C16H25N5O5S/c1-20-8-15(17-10-20)27(25,26)18-6-14(22)19-12-4-13(5-12)21(9-16(23)24)7-11-2-3-11/h8,10-13,18H,2-7,9H2,1H3,(H,19,22)(H,23,24). The highest BCUT2D eigenvalue weighted by Crippen LogP contribution is 2.33. The van der Waals surface area contributed by atoms with Crippen molar-refractivity contribution in [1.82, 2.24) is 24.5 Å². The molecule has 2 aliphatic carbocycles. The van der Waals surface area contributed by atoms with Crippen LogP contribution in [0.3, 0.4) is 0 Å². The summed E-state index contributed by atoms with van der Waals surface area (Å²) in [7, 11) is -2.16. The van der Waals surface area contributed by atoms with Gasteiger partial charge in [-0.3, -0.25) is 14.5 Å². The monoisotopic (exact) mass is 399 g/mol. The first-order valence-electron chi connectivity index (χ1n) is 8.96. The molecular weight excluding hydrogens is 374 g/mol. The summed E-state index contributed by atoms with van der Waals surface area (Å²) in [5, 5.41) is 11.7. The molecule has 2 fully saturated rings. The van der Waals surface area contributed by atoms with E-state index in [4.69, 9.17) is 5.11 Å². The van der Waals surface area contributed by atoms with E-state index in [1.807, 2.05) is 4.90 Å². The number of carboxylic acid groups (broad SMARTS) is 1. The number of sulfonamides is 1. The summed E-state index contributed by atoms with van der Waals surface area (Å²) in [6, 6.07) is 0.0922. The lowest BCUT2D eigenvalue weighted by atomic mass is 9.85. The van der Waals surface area contributed by atoms with Gasteiger partial charge in [0, 0.05) is 31.9 Å². The number of carboxylic acids is 1. The molecule has 3 rings (SSSR count). The Morgan fingerprint density at radius 2 is 2.07 bits per heavy atom. The van der Waals surface area contributed by atoms with Crippen molar-refractivity contribution < 1.29 is 23.1 Å². The molecule has 0 unspecified atom stereocenters. The number of nitrogens with zero attached hydrogens (tertiary/aromatic N) is 3. The number of carbonyl (C=O) groups is 2. The van der Waals surface area contributed by atoms with Crippen LogP contribution in [-0.4, -0.2) is 71.6 Å². The smallest absolute Gasteiger partial charge is 0.317 e. The second kappa shape index (κ2) is 7.95. The number of carbonyl (C=O) groups excluding carboxylic acids is 1. The summed E-state index contributed by atoms with van der Waals surface area (Å²) in [6.07, 6.45) is 6.39. The lowest BCUT2D eigenvalue weighted by molar-refractivity contribution is -0.140. The fourth-order valence-electron chi connectivity index (χ4n) is 3.19. The molecule has 11 heteroatoms. The van der Waals surface area contributed by atoms with Crippen LogP contribution in [-0.2, 0) is 26.7 Å². The molecule has 1 aromatic rings. The summed E-state index contributed by atoms with van der Waals surface area (Å²) in [4.78, 5) is 28.8. The highest BCUT2D eigenvalue weighted by atomic mass is 32.2. The zero-order valence-electron chi connectivity index (χ0n) is 15.2. The quantitative estimate of drug-likeness (QED) is 0.466. The molecule has 0 atom stereocenters. The summed E-state index contributed by atoms with van der Waals surface area (Å²) >= 11 is 0. The molecule has 3 N–H and O–H groups in total. The number of nitrogens with one attached hydrogen (secondary N) is 2. The molecule has 10 nitrogen and oxygen atoms in total. The van der Waals surface area contributed by atoms with Crippen molar-refractivity contribution in [3.8, 4) is 0 Å². The van der Waals surface area contributed by atoms with Crippen molar-refractivity contribution in [3.05, 3.63) is 12.5 Å². The number of rotatable bonds is 10. The van der Waals surface area contributed by atoms with E-state index in [1.54, 1.807) is 7.05 Å². The SMILES string of the molecule is Cn1cnc(S(=O)(=O)NCC(=O)NC2CC(N(CC(=O)O)CC3CC3)C2)c1. The van der Waals surface area contributed by atoms with Gasteiger partial charge in [-0.15, -0.1) is 0 Å². The van der Waals surface area contributed by atoms with Gasteiger partial charge in [-0.25, -0.2) is 18.1 Å². The third kappa shape index (κ3) is 5.50. The van der Waals surface area contributed by atoms with E-state index < -0.39 is 21.9 Å². The van der Waals surface area contributed by atoms with E-state index in [-0.39, 0.29) is 30.2 Å². The van der Waals surface area contributed by atoms with Crippen LogP contribution in [0.15, 0.2) is 17.6 Å². The van der Waals surface area contributed by atoms with Crippen LogP contribution in [0.1, 0.15) is 25.7 Å². The predicted octanol–water partition coefficient (Wildman–Crippen LogP) is -0.858. The second-order valence-electron chi connectivity index (χ2n) is 7.36. The Kier molecular flexibility index (Phi) is 5.82. The van der Waals surface area contributed by atoms with Crippen molar-refractivity contribution in [1.29, 1.82) is 0 Å². The molecule has 0 aromatic carbocycles. The number of amides is 1. The van der Waals surface area contributed by atoms with Crippen LogP contribution in [0.4, 0.5) is 0 Å². The van der Waals surface area contributed by atoms with Crippen LogP contribution in [0.5, 0.6) is 0 Å². The lowest BCUT2D eigenvalue weighted by Gasteiger charge is -2.42. The molecule has 150 valence electrons. The number of imidazole rings is 1. The second-order valence-corrected chi connectivity index (χ2v) is 9.07. The van der Waals surface area contributed by atoms with Crippen LogP contribution in [0.25, 0.3) is 0 Å². The van der Waals surface area contributed by atoms with Gasteiger partial charge in [-0.2, -0.15) is 0 Å². The fourth-order valence-corrected chi connectivity index (χ4v) is 4.15. The first-order chi connectivity index (χ1) is 12.7. The van der Waals surface area contributed by atoms with E-state index in [0.717, 1.165) is 19.4 Å². The van der Waals surface area contributed by atoms with Gasteiger partial charge in [0.15, 0.2) is 5.03 Å². The minimum atomic E-state index is -3.82. The first kappa shape index (κ1) is 19.8. The average molecular weight is 399 g/mol. The molecule has 0 spiro atoms. The van der Waals surface area contributed by atoms with E-state index in [9.17, 15) is 18.0 Å². The molecule has 1 heterocycles. The van der Waals surface area contributed by atoms with Gasteiger partial charge in [0.2, 0.25) is 5.91 Å². The summed E-state index contributed by atoms with van der Waals surface area (Å²) in [6.45, 7) is 0.453. The van der Waals surface area contributed by atoms with Crippen LogP contribution < -0.4 is 10.0 Å². The molecule has 2 aliphatic rings. The molecule has 0 radical (unpaired) electrons. The van der Waals surface area contributed by atoms with Gasteiger partial charge < -0.3 is 15.0 Å². The van der Waals surface area contributed by atoms with Crippen LogP contribution in [0.2, 0.25) is 0 Å². The molecule has 0 bridgehead atoms. The van der Waals surface area contributed by atoms with Gasteiger partial charge in [-0.1, -0.05) is 0 Å². The Morgan fingerprint density at radius 1 is 1.37 bits per heavy atom. The van der Waals surface area contributed by atoms with Crippen molar-refractivity contribution in [2.45, 2.75) is 42.8 Å². The summed E-state index contributed by atoms with van der Waals surface area (Å²) in [5.74, 6) is -0.656. The molecule has 0 saturated heterocycles. The molecule has 1 aromatic heterocycles. The highest BCUT2D eigenvalue weighted by Gasteiger charge is 2.37. The normalized spacial score (nSPS) is 22.4. The van der Waals surface area contributed by atoms with Crippen molar-refractivity contribution in [3.63, 3.8) is 0 Å². The summed E-state index contributed by atoms with van der Waals surface area (Å²) < 4.78 is 27.8. The van der Waals surface area contributed by atoms with Gasteiger partial charge in [0.25, 0.3) is 10.0 Å². The van der Waals surface area contributed by atoms with Gasteiger partial charge in [-0.05, 0) is 31.6 Å². The zero-order valence-corrected chi connectivity index (χ0v) is 16.0.